The highest BCUT2D eigenvalue weighted by Crippen LogP contribution is 2.26. The zero-order valence-electron chi connectivity index (χ0n) is 13.5. The molecule has 0 unspecified atom stereocenters. The predicted molar refractivity (Wildman–Crippen MR) is 107 cm³/mol. The van der Waals surface area contributed by atoms with E-state index in [0.29, 0.717) is 0 Å². The lowest BCUT2D eigenvalue weighted by molar-refractivity contribution is 1.58. The van der Waals surface area contributed by atoms with Gasteiger partial charge in [-0.1, -0.05) is 90.2 Å². The van der Waals surface area contributed by atoms with Crippen molar-refractivity contribution in [1.82, 2.24) is 0 Å². The summed E-state index contributed by atoms with van der Waals surface area (Å²) in [5, 5.41) is 3.09. The fourth-order valence-electron chi connectivity index (χ4n) is 2.95. The van der Waals surface area contributed by atoms with E-state index in [4.69, 9.17) is 11.6 Å². The number of halogens is 1. The second-order valence-corrected chi connectivity index (χ2v) is 6.27. The topological polar surface area (TPSA) is 0 Å². The number of hydrogen-bond acceptors (Lipinski definition) is 0. The third-order valence-electron chi connectivity index (χ3n) is 4.19. The number of benzene rings is 4. The van der Waals surface area contributed by atoms with Gasteiger partial charge >= 0.3 is 0 Å². The van der Waals surface area contributed by atoms with Crippen LogP contribution in [-0.2, 0) is 0 Å². The van der Waals surface area contributed by atoms with Crippen molar-refractivity contribution < 1.29 is 0 Å². The number of rotatable bonds is 1. The van der Waals surface area contributed by atoms with Gasteiger partial charge in [0, 0.05) is 16.1 Å². The van der Waals surface area contributed by atoms with E-state index in [1.165, 1.54) is 10.8 Å². The van der Waals surface area contributed by atoms with Crippen molar-refractivity contribution in [2.24, 2.45) is 0 Å². The largest absolute Gasteiger partial charge is 0.0843 e. The third kappa shape index (κ3) is 3.29. The first-order valence-electron chi connectivity index (χ1n) is 8.16. The molecule has 0 bridgehead atoms. The van der Waals surface area contributed by atoms with Crippen molar-refractivity contribution in [2.45, 2.75) is 0 Å². The quantitative estimate of drug-likeness (QED) is 0.345. The minimum Gasteiger partial charge on any atom is -0.0843 e. The molecule has 0 fully saturated rings. The number of hydrogen-bond donors (Lipinski definition) is 0. The second kappa shape index (κ2) is 6.85. The molecule has 1 heteroatoms. The van der Waals surface area contributed by atoms with Crippen molar-refractivity contribution in [3.63, 3.8) is 0 Å². The van der Waals surface area contributed by atoms with Gasteiger partial charge < -0.3 is 0 Å². The first-order valence-corrected chi connectivity index (χ1v) is 8.54. The van der Waals surface area contributed by atoms with Gasteiger partial charge in [0.1, 0.15) is 0 Å². The summed E-state index contributed by atoms with van der Waals surface area (Å²) in [5.41, 5.74) is 4.18. The molecular weight excluding hydrogens is 324 g/mol. The van der Waals surface area contributed by atoms with Gasteiger partial charge in [-0.2, -0.15) is 0 Å². The molecule has 0 N–H and O–H groups in total. The molecule has 0 atom stereocenters. The third-order valence-corrected chi connectivity index (χ3v) is 4.42. The Morgan fingerprint density at radius 1 is 0.600 bits per heavy atom. The molecule has 0 spiro atoms. The van der Waals surface area contributed by atoms with E-state index in [0.717, 1.165) is 27.3 Å². The van der Waals surface area contributed by atoms with Crippen LogP contribution < -0.4 is 0 Å². The summed E-state index contributed by atoms with van der Waals surface area (Å²) in [7, 11) is 0. The van der Waals surface area contributed by atoms with E-state index >= 15 is 0 Å². The molecule has 0 heterocycles. The molecule has 4 aromatic rings. The van der Waals surface area contributed by atoms with E-state index in [2.05, 4.69) is 48.2 Å². The van der Waals surface area contributed by atoms with Gasteiger partial charge in [-0.15, -0.1) is 0 Å². The van der Waals surface area contributed by atoms with Crippen molar-refractivity contribution in [2.75, 3.05) is 0 Å². The maximum atomic E-state index is 6.21. The monoisotopic (exact) mass is 338 g/mol. The van der Waals surface area contributed by atoms with Gasteiger partial charge in [-0.25, -0.2) is 0 Å². The molecule has 25 heavy (non-hydrogen) atoms. The van der Waals surface area contributed by atoms with Crippen LogP contribution in [0, 0.1) is 11.8 Å². The normalized spacial score (nSPS) is 10.3. The van der Waals surface area contributed by atoms with Crippen molar-refractivity contribution in [1.29, 1.82) is 0 Å². The molecule has 0 aliphatic carbocycles. The van der Waals surface area contributed by atoms with Crippen LogP contribution in [0.3, 0.4) is 0 Å². The van der Waals surface area contributed by atoms with Gasteiger partial charge in [0.05, 0.1) is 0 Å². The van der Waals surface area contributed by atoms with E-state index in [-0.39, 0.29) is 0 Å². The van der Waals surface area contributed by atoms with Crippen LogP contribution in [0.2, 0.25) is 5.02 Å². The Bertz CT molecular complexity index is 1090. The van der Waals surface area contributed by atoms with Gasteiger partial charge in [-0.3, -0.25) is 0 Å². The van der Waals surface area contributed by atoms with Crippen LogP contribution in [0.25, 0.3) is 21.9 Å². The molecule has 4 aromatic carbocycles. The van der Waals surface area contributed by atoms with Crippen molar-refractivity contribution in [3.05, 3.63) is 107 Å². The highest BCUT2D eigenvalue weighted by atomic mass is 35.5. The van der Waals surface area contributed by atoms with Gasteiger partial charge in [0.25, 0.3) is 0 Å². The molecule has 118 valence electrons. The fraction of sp³-hybridized carbons (Fsp3) is 0. The van der Waals surface area contributed by atoms with Crippen LogP contribution in [-0.4, -0.2) is 0 Å². The fourth-order valence-corrected chi connectivity index (χ4v) is 3.12. The van der Waals surface area contributed by atoms with Gasteiger partial charge in [0.15, 0.2) is 0 Å². The lowest BCUT2D eigenvalue weighted by Crippen LogP contribution is -1.85. The van der Waals surface area contributed by atoms with E-state index in [1.807, 2.05) is 54.6 Å². The zero-order chi connectivity index (χ0) is 17.1. The molecule has 4 rings (SSSR count). The maximum Gasteiger partial charge on any atom is 0.0413 e. The Hall–Kier alpha value is -3.01. The van der Waals surface area contributed by atoms with Crippen LogP contribution in [0.4, 0.5) is 0 Å². The molecule has 0 saturated heterocycles. The van der Waals surface area contributed by atoms with Crippen LogP contribution >= 0.6 is 11.6 Å². The Morgan fingerprint density at radius 3 is 2.20 bits per heavy atom. The van der Waals surface area contributed by atoms with Crippen molar-refractivity contribution in [3.8, 4) is 23.0 Å². The molecule has 0 amide bonds. The average Bonchev–Trinajstić information content (AvgIpc) is 2.67. The summed E-state index contributed by atoms with van der Waals surface area (Å²) in [4.78, 5) is 0. The second-order valence-electron chi connectivity index (χ2n) is 5.83. The molecule has 0 saturated carbocycles. The van der Waals surface area contributed by atoms with Crippen molar-refractivity contribution >= 4 is 22.4 Å². The first-order chi connectivity index (χ1) is 12.3. The molecule has 0 aliphatic rings. The van der Waals surface area contributed by atoms with Gasteiger partial charge in [-0.05, 0) is 46.2 Å². The SMILES string of the molecule is Clc1ccc(C#Cc2cccc3ccccc23)c(-c2ccccc2)c1. The molecule has 0 aromatic heterocycles. The molecular formula is C24H15Cl. The highest BCUT2D eigenvalue weighted by molar-refractivity contribution is 6.30. The predicted octanol–water partition coefficient (Wildman–Crippen LogP) is 6.56. The Morgan fingerprint density at radius 2 is 1.32 bits per heavy atom. The lowest BCUT2D eigenvalue weighted by Gasteiger charge is -2.06. The lowest BCUT2D eigenvalue weighted by atomic mass is 9.99. The smallest absolute Gasteiger partial charge is 0.0413 e. The van der Waals surface area contributed by atoms with E-state index in [1.54, 1.807) is 0 Å². The molecule has 0 aliphatic heterocycles. The average molecular weight is 339 g/mol. The Kier molecular flexibility index (Phi) is 4.25. The standard InChI is InChI=1S/C24H15Cl/c25-22-16-15-21(24(17-22)19-7-2-1-3-8-19)14-13-20-11-6-10-18-9-4-5-12-23(18)20/h1-12,15-17H. The maximum absolute atomic E-state index is 6.21. The van der Waals surface area contributed by atoms with Crippen LogP contribution in [0.15, 0.2) is 91.0 Å². The molecule has 0 radical (unpaired) electrons. The summed E-state index contributed by atoms with van der Waals surface area (Å²) >= 11 is 6.21. The summed E-state index contributed by atoms with van der Waals surface area (Å²) in [6, 6.07) is 30.6. The summed E-state index contributed by atoms with van der Waals surface area (Å²) < 4.78 is 0. The zero-order valence-corrected chi connectivity index (χ0v) is 14.3. The minimum absolute atomic E-state index is 0.717. The summed E-state index contributed by atoms with van der Waals surface area (Å²) in [6.07, 6.45) is 0. The minimum atomic E-state index is 0.717. The van der Waals surface area contributed by atoms with Crippen LogP contribution in [0.1, 0.15) is 11.1 Å². The Balaban J connectivity index is 1.84. The highest BCUT2D eigenvalue weighted by Gasteiger charge is 2.04. The van der Waals surface area contributed by atoms with E-state index < -0.39 is 0 Å². The molecule has 0 nitrogen and oxygen atoms in total. The van der Waals surface area contributed by atoms with E-state index in [9.17, 15) is 0 Å². The van der Waals surface area contributed by atoms with Gasteiger partial charge in [0.2, 0.25) is 0 Å². The van der Waals surface area contributed by atoms with Crippen LogP contribution in [0.5, 0.6) is 0 Å². The summed E-state index contributed by atoms with van der Waals surface area (Å²) in [5.74, 6) is 6.68. The Labute approximate surface area is 152 Å². The first kappa shape index (κ1) is 15.5. The summed E-state index contributed by atoms with van der Waals surface area (Å²) in [6.45, 7) is 0. The number of fused-ring (bicyclic) bond motifs is 1.